The van der Waals surface area contributed by atoms with Crippen LogP contribution in [0.3, 0.4) is 0 Å². The van der Waals surface area contributed by atoms with E-state index in [1.807, 2.05) is 37.3 Å². The fraction of sp³-hybridized carbons (Fsp3) is 0.333. The van der Waals surface area contributed by atoms with Gasteiger partial charge in [-0.15, -0.1) is 0 Å². The third kappa shape index (κ3) is 3.69. The van der Waals surface area contributed by atoms with E-state index in [4.69, 9.17) is 5.73 Å². The molecule has 2 N–H and O–H groups in total. The van der Waals surface area contributed by atoms with E-state index in [0.29, 0.717) is 18.5 Å². The summed E-state index contributed by atoms with van der Waals surface area (Å²) >= 11 is 0. The highest BCUT2D eigenvalue weighted by Crippen LogP contribution is 2.41. The SMILES string of the molecule is CC(c1ccccc1C(F)(F)F)C(CCN)c1ccccc1. The highest BCUT2D eigenvalue weighted by atomic mass is 19.4. The van der Waals surface area contributed by atoms with Crippen LogP contribution in [-0.2, 0) is 6.18 Å². The van der Waals surface area contributed by atoms with Crippen molar-refractivity contribution in [1.29, 1.82) is 0 Å². The van der Waals surface area contributed by atoms with Crippen LogP contribution >= 0.6 is 0 Å². The van der Waals surface area contributed by atoms with Gasteiger partial charge < -0.3 is 5.73 Å². The Bertz CT molecular complexity index is 593. The Morgan fingerprint density at radius 1 is 0.955 bits per heavy atom. The third-order valence-corrected chi connectivity index (χ3v) is 4.07. The lowest BCUT2D eigenvalue weighted by molar-refractivity contribution is -0.138. The lowest BCUT2D eigenvalue weighted by Crippen LogP contribution is -2.17. The predicted octanol–water partition coefficient (Wildman–Crippen LogP) is 4.94. The van der Waals surface area contributed by atoms with Crippen molar-refractivity contribution in [2.75, 3.05) is 6.54 Å². The largest absolute Gasteiger partial charge is 0.416 e. The molecule has 0 spiro atoms. The standard InChI is InChI=1S/C18H20F3N/c1-13(15(11-12-22)14-7-3-2-4-8-14)16-9-5-6-10-17(16)18(19,20)21/h2-10,13,15H,11-12,22H2,1H3. The van der Waals surface area contributed by atoms with Crippen molar-refractivity contribution in [3.63, 3.8) is 0 Å². The van der Waals surface area contributed by atoms with E-state index in [1.165, 1.54) is 6.07 Å². The zero-order valence-corrected chi connectivity index (χ0v) is 12.5. The summed E-state index contributed by atoms with van der Waals surface area (Å²) < 4.78 is 39.7. The minimum absolute atomic E-state index is 0.0327. The number of alkyl halides is 3. The Hall–Kier alpha value is -1.81. The van der Waals surface area contributed by atoms with Gasteiger partial charge in [-0.3, -0.25) is 0 Å². The number of halogens is 3. The maximum atomic E-state index is 13.2. The van der Waals surface area contributed by atoms with Crippen molar-refractivity contribution in [1.82, 2.24) is 0 Å². The van der Waals surface area contributed by atoms with Crippen LogP contribution < -0.4 is 5.73 Å². The van der Waals surface area contributed by atoms with E-state index in [9.17, 15) is 13.2 Å². The summed E-state index contributed by atoms with van der Waals surface area (Å²) in [5, 5.41) is 0. The van der Waals surface area contributed by atoms with Gasteiger partial charge >= 0.3 is 6.18 Å². The first-order valence-corrected chi connectivity index (χ1v) is 7.36. The summed E-state index contributed by atoms with van der Waals surface area (Å²) in [4.78, 5) is 0. The van der Waals surface area contributed by atoms with Gasteiger partial charge in [-0.1, -0.05) is 55.5 Å². The number of hydrogen-bond acceptors (Lipinski definition) is 1. The van der Waals surface area contributed by atoms with Gasteiger partial charge in [0.2, 0.25) is 0 Å². The molecule has 0 fully saturated rings. The zero-order valence-electron chi connectivity index (χ0n) is 12.5. The number of nitrogens with two attached hydrogens (primary N) is 1. The van der Waals surface area contributed by atoms with Crippen LogP contribution in [0.1, 0.15) is 41.9 Å². The first-order chi connectivity index (χ1) is 10.4. The monoisotopic (exact) mass is 307 g/mol. The van der Waals surface area contributed by atoms with Gasteiger partial charge in [-0.25, -0.2) is 0 Å². The molecule has 2 atom stereocenters. The molecule has 0 saturated heterocycles. The summed E-state index contributed by atoms with van der Waals surface area (Å²) in [6.45, 7) is 2.29. The first kappa shape index (κ1) is 16.6. The van der Waals surface area contributed by atoms with Crippen LogP contribution in [0.25, 0.3) is 0 Å². The summed E-state index contributed by atoms with van der Waals surface area (Å²) in [5.74, 6) is -0.293. The van der Waals surface area contributed by atoms with Crippen molar-refractivity contribution in [3.05, 3.63) is 71.3 Å². The van der Waals surface area contributed by atoms with Crippen LogP contribution in [0.2, 0.25) is 0 Å². The Balaban J connectivity index is 2.42. The quantitative estimate of drug-likeness (QED) is 0.831. The predicted molar refractivity (Wildman–Crippen MR) is 82.7 cm³/mol. The van der Waals surface area contributed by atoms with Crippen molar-refractivity contribution in [2.45, 2.75) is 31.4 Å². The molecule has 2 aromatic rings. The van der Waals surface area contributed by atoms with Crippen LogP contribution in [0.15, 0.2) is 54.6 Å². The van der Waals surface area contributed by atoms with E-state index in [0.717, 1.165) is 11.6 Å². The van der Waals surface area contributed by atoms with Crippen molar-refractivity contribution in [2.24, 2.45) is 5.73 Å². The second-order valence-electron chi connectivity index (χ2n) is 5.47. The van der Waals surface area contributed by atoms with E-state index < -0.39 is 11.7 Å². The molecule has 0 saturated carbocycles. The second-order valence-corrected chi connectivity index (χ2v) is 5.47. The minimum atomic E-state index is -4.34. The Kier molecular flexibility index (Phi) is 5.24. The Labute approximate surface area is 129 Å². The fourth-order valence-corrected chi connectivity index (χ4v) is 2.95. The zero-order chi connectivity index (χ0) is 16.2. The smallest absolute Gasteiger partial charge is 0.330 e. The molecule has 1 nitrogen and oxygen atoms in total. The molecule has 0 bridgehead atoms. The fourth-order valence-electron chi connectivity index (χ4n) is 2.95. The maximum absolute atomic E-state index is 13.2. The van der Waals surface area contributed by atoms with Gasteiger partial charge in [0, 0.05) is 0 Å². The molecule has 0 radical (unpaired) electrons. The van der Waals surface area contributed by atoms with Crippen molar-refractivity contribution >= 4 is 0 Å². The molecule has 0 heterocycles. The van der Waals surface area contributed by atoms with Crippen LogP contribution in [-0.4, -0.2) is 6.54 Å². The average Bonchev–Trinajstić information content (AvgIpc) is 2.52. The van der Waals surface area contributed by atoms with E-state index in [-0.39, 0.29) is 11.8 Å². The Morgan fingerprint density at radius 3 is 2.14 bits per heavy atom. The van der Waals surface area contributed by atoms with Crippen molar-refractivity contribution in [3.8, 4) is 0 Å². The van der Waals surface area contributed by atoms with Gasteiger partial charge in [0.1, 0.15) is 0 Å². The van der Waals surface area contributed by atoms with E-state index in [1.54, 1.807) is 12.1 Å². The lowest BCUT2D eigenvalue weighted by atomic mass is 9.79. The highest BCUT2D eigenvalue weighted by Gasteiger charge is 2.35. The molecule has 0 aliphatic carbocycles. The van der Waals surface area contributed by atoms with E-state index in [2.05, 4.69) is 0 Å². The van der Waals surface area contributed by atoms with Gasteiger partial charge in [-0.05, 0) is 42.0 Å². The van der Waals surface area contributed by atoms with Gasteiger partial charge in [0.15, 0.2) is 0 Å². The molecule has 0 aliphatic rings. The first-order valence-electron chi connectivity index (χ1n) is 7.36. The van der Waals surface area contributed by atoms with Gasteiger partial charge in [-0.2, -0.15) is 13.2 Å². The van der Waals surface area contributed by atoms with Crippen LogP contribution in [0, 0.1) is 0 Å². The van der Waals surface area contributed by atoms with Gasteiger partial charge in [0.05, 0.1) is 5.56 Å². The molecule has 0 aromatic heterocycles. The van der Waals surface area contributed by atoms with E-state index >= 15 is 0 Å². The van der Waals surface area contributed by atoms with Crippen LogP contribution in [0.5, 0.6) is 0 Å². The molecule has 2 aromatic carbocycles. The molecule has 22 heavy (non-hydrogen) atoms. The maximum Gasteiger partial charge on any atom is 0.416 e. The van der Waals surface area contributed by atoms with Gasteiger partial charge in [0.25, 0.3) is 0 Å². The minimum Gasteiger partial charge on any atom is -0.330 e. The average molecular weight is 307 g/mol. The number of benzene rings is 2. The summed E-state index contributed by atoms with van der Waals surface area (Å²) in [5.41, 5.74) is 6.49. The second kappa shape index (κ2) is 6.97. The third-order valence-electron chi connectivity index (χ3n) is 4.07. The molecule has 118 valence electrons. The molecule has 0 amide bonds. The summed E-state index contributed by atoms with van der Waals surface area (Å²) in [6, 6.07) is 15.4. The van der Waals surface area contributed by atoms with Crippen molar-refractivity contribution < 1.29 is 13.2 Å². The topological polar surface area (TPSA) is 26.0 Å². The summed E-state index contributed by atoms with van der Waals surface area (Å²) in [7, 11) is 0. The summed E-state index contributed by atoms with van der Waals surface area (Å²) in [6.07, 6.45) is -3.69. The molecule has 4 heteroatoms. The van der Waals surface area contributed by atoms with Crippen LogP contribution in [0.4, 0.5) is 13.2 Å². The molecular weight excluding hydrogens is 287 g/mol. The Morgan fingerprint density at radius 2 is 1.55 bits per heavy atom. The molecule has 2 rings (SSSR count). The lowest BCUT2D eigenvalue weighted by Gasteiger charge is -2.27. The normalized spacial score (nSPS) is 14.6. The molecule has 2 unspecified atom stereocenters. The number of rotatable bonds is 5. The highest BCUT2D eigenvalue weighted by molar-refractivity contribution is 5.36. The molecule has 0 aliphatic heterocycles. The molecular formula is C18H20F3N. The number of hydrogen-bond donors (Lipinski definition) is 1.